The van der Waals surface area contributed by atoms with Gasteiger partial charge in [-0.05, 0) is 34.4 Å². The zero-order valence-corrected chi connectivity index (χ0v) is 20.7. The van der Waals surface area contributed by atoms with Gasteiger partial charge in [0.15, 0.2) is 11.4 Å². The van der Waals surface area contributed by atoms with E-state index in [4.69, 9.17) is 16.3 Å². The average Bonchev–Trinajstić information content (AvgIpc) is 3.25. The molecule has 3 aliphatic carbocycles. The lowest BCUT2D eigenvalue weighted by molar-refractivity contribution is -0.0202. The van der Waals surface area contributed by atoms with Gasteiger partial charge in [0.1, 0.15) is 6.17 Å². The molecule has 36 heavy (non-hydrogen) atoms. The summed E-state index contributed by atoms with van der Waals surface area (Å²) in [6.45, 7) is 1.10. The van der Waals surface area contributed by atoms with Crippen LogP contribution in [-0.4, -0.2) is 52.6 Å². The largest absolute Gasteiger partial charge is 0.502 e. The van der Waals surface area contributed by atoms with Crippen LogP contribution in [0.1, 0.15) is 16.9 Å². The summed E-state index contributed by atoms with van der Waals surface area (Å²) < 4.78 is 9.45. The fraction of sp³-hybridized carbons (Fsp3) is 0.259. The van der Waals surface area contributed by atoms with Crippen molar-refractivity contribution < 1.29 is 14.6 Å². The van der Waals surface area contributed by atoms with Crippen LogP contribution < -0.4 is 20.2 Å². The quantitative estimate of drug-likeness (QED) is 0.624. The van der Waals surface area contributed by atoms with E-state index in [1.165, 1.54) is 11.6 Å². The molecule has 7 rings (SSSR count). The summed E-state index contributed by atoms with van der Waals surface area (Å²) in [5.74, 6) is -0.956. The molecule has 3 atom stereocenters. The van der Waals surface area contributed by atoms with Crippen LogP contribution in [0.2, 0.25) is 4.34 Å². The van der Waals surface area contributed by atoms with E-state index < -0.39 is 17.3 Å². The predicted octanol–water partition coefficient (Wildman–Crippen LogP) is 2.03. The van der Waals surface area contributed by atoms with Gasteiger partial charge in [-0.25, -0.2) is 0 Å². The zero-order valence-electron chi connectivity index (χ0n) is 19.1. The van der Waals surface area contributed by atoms with E-state index in [0.717, 1.165) is 31.7 Å². The van der Waals surface area contributed by atoms with Crippen LogP contribution in [0.4, 0.5) is 0 Å². The standard InChI is InChI=1S/C27H22ClN3O4S/c28-21-13-19-15-5-1-2-6-16(15)23(17-7-3-4-8-18(17)26(19)36-21)31-22-14-35-12-11-29(22)27(34)24-25(33)20(32)9-10-30(24)31/h1-7,9-10,13,16,22-23,33H,8,11-12,14H2/t16?,22-,23?/m1/s1. The number of fused-ring (bicyclic) bond motifs is 5. The number of rotatable bonds is 1. The van der Waals surface area contributed by atoms with Crippen molar-refractivity contribution in [3.05, 3.63) is 96.4 Å². The lowest BCUT2D eigenvalue weighted by atomic mass is 9.80. The molecule has 0 radical (unpaired) electrons. The third-order valence-corrected chi connectivity index (χ3v) is 8.88. The van der Waals surface area contributed by atoms with Gasteiger partial charge in [-0.1, -0.05) is 54.1 Å². The fourth-order valence-electron chi connectivity index (χ4n) is 6.03. The molecule has 0 bridgehead atoms. The summed E-state index contributed by atoms with van der Waals surface area (Å²) in [6, 6.07) is 3.13. The Balaban J connectivity index is 1.55. The lowest BCUT2D eigenvalue weighted by Crippen LogP contribution is -2.69. The molecule has 2 unspecified atom stereocenters. The minimum Gasteiger partial charge on any atom is -0.502 e. The number of morpholine rings is 1. The van der Waals surface area contributed by atoms with Gasteiger partial charge in [-0.2, -0.15) is 0 Å². The van der Waals surface area contributed by atoms with Gasteiger partial charge in [-0.15, -0.1) is 11.3 Å². The average molecular weight is 520 g/mol. The minimum atomic E-state index is -0.571. The molecule has 1 amide bonds. The summed E-state index contributed by atoms with van der Waals surface area (Å²) in [6.07, 6.45) is 16.7. The number of pyridine rings is 1. The Labute approximate surface area is 215 Å². The topological polar surface area (TPSA) is 75.0 Å². The maximum atomic E-state index is 13.5. The molecule has 1 fully saturated rings. The number of hydrogen-bond acceptors (Lipinski definition) is 6. The van der Waals surface area contributed by atoms with Crippen LogP contribution >= 0.6 is 22.9 Å². The second kappa shape index (κ2) is 8.09. The second-order valence-electron chi connectivity index (χ2n) is 9.35. The first kappa shape index (κ1) is 21.9. The van der Waals surface area contributed by atoms with Crippen molar-refractivity contribution in [3.8, 4) is 5.75 Å². The molecule has 182 valence electrons. The predicted molar refractivity (Wildman–Crippen MR) is 139 cm³/mol. The van der Waals surface area contributed by atoms with Crippen LogP contribution in [0.3, 0.4) is 0 Å². The molecule has 1 N–H and O–H groups in total. The van der Waals surface area contributed by atoms with Crippen LogP contribution in [0.5, 0.6) is 5.75 Å². The molecule has 4 heterocycles. The maximum Gasteiger partial charge on any atom is 0.278 e. The molecule has 9 heteroatoms. The zero-order chi connectivity index (χ0) is 24.6. The SMILES string of the molecule is O=C1c2c(O)c(=O)ccn2N(C2C3=CC=CCC3=c3sc(Cl)cc3=C3C=CC=CC32)[C@@H]2COCCN12. The monoisotopic (exact) mass is 519 g/mol. The number of aromatic hydroxyl groups is 1. The number of aromatic nitrogens is 1. The maximum absolute atomic E-state index is 13.5. The molecular weight excluding hydrogens is 498 g/mol. The van der Waals surface area contributed by atoms with Gasteiger partial charge >= 0.3 is 0 Å². The Kier molecular flexibility index (Phi) is 4.93. The van der Waals surface area contributed by atoms with E-state index >= 15 is 0 Å². The molecule has 0 spiro atoms. The van der Waals surface area contributed by atoms with Crippen LogP contribution in [0.15, 0.2) is 71.2 Å². The van der Waals surface area contributed by atoms with E-state index in [0.29, 0.717) is 19.8 Å². The summed E-state index contributed by atoms with van der Waals surface area (Å²) in [5.41, 5.74) is 2.90. The molecule has 0 aromatic carbocycles. The van der Waals surface area contributed by atoms with Gasteiger partial charge in [-0.3, -0.25) is 19.3 Å². The van der Waals surface area contributed by atoms with Crippen molar-refractivity contribution in [2.24, 2.45) is 5.92 Å². The summed E-state index contributed by atoms with van der Waals surface area (Å²) in [5, 5.41) is 14.0. The third kappa shape index (κ3) is 3.01. The van der Waals surface area contributed by atoms with Crippen molar-refractivity contribution >= 4 is 40.0 Å². The first-order valence-electron chi connectivity index (χ1n) is 11.9. The minimum absolute atomic E-state index is 0.00639. The highest BCUT2D eigenvalue weighted by Gasteiger charge is 2.47. The molecule has 1 saturated heterocycles. The number of carbonyl (C=O) groups is 1. The van der Waals surface area contributed by atoms with Crippen LogP contribution in [-0.2, 0) is 4.74 Å². The number of hydrogen-bond donors (Lipinski definition) is 1. The number of thiophene rings is 1. The highest BCUT2D eigenvalue weighted by molar-refractivity contribution is 7.14. The highest BCUT2D eigenvalue weighted by atomic mass is 35.5. The molecular formula is C27H22ClN3O4S. The molecule has 2 aromatic heterocycles. The third-order valence-electron chi connectivity index (χ3n) is 7.55. The van der Waals surface area contributed by atoms with E-state index in [1.807, 2.05) is 18.2 Å². The van der Waals surface area contributed by atoms with Gasteiger partial charge in [0, 0.05) is 29.3 Å². The Morgan fingerprint density at radius 2 is 2.08 bits per heavy atom. The van der Waals surface area contributed by atoms with Gasteiger partial charge in [0.25, 0.3) is 5.91 Å². The molecule has 0 saturated carbocycles. The Hall–Kier alpha value is -3.33. The van der Waals surface area contributed by atoms with E-state index in [2.05, 4.69) is 35.4 Å². The molecule has 2 aromatic rings. The lowest BCUT2D eigenvalue weighted by Gasteiger charge is -2.53. The summed E-state index contributed by atoms with van der Waals surface area (Å²) in [4.78, 5) is 27.6. The second-order valence-corrected chi connectivity index (χ2v) is 11.0. The van der Waals surface area contributed by atoms with Crippen molar-refractivity contribution in [2.75, 3.05) is 24.8 Å². The number of allylic oxidation sites excluding steroid dienone is 6. The first-order chi connectivity index (χ1) is 17.5. The normalized spacial score (nSPS) is 26.1. The van der Waals surface area contributed by atoms with E-state index in [-0.39, 0.29) is 23.6 Å². The smallest absolute Gasteiger partial charge is 0.278 e. The van der Waals surface area contributed by atoms with E-state index in [9.17, 15) is 14.7 Å². The number of amides is 1. The van der Waals surface area contributed by atoms with Gasteiger partial charge < -0.3 is 14.7 Å². The summed E-state index contributed by atoms with van der Waals surface area (Å²) >= 11 is 8.12. The number of halogens is 1. The Morgan fingerprint density at radius 3 is 2.97 bits per heavy atom. The van der Waals surface area contributed by atoms with E-state index in [1.54, 1.807) is 27.1 Å². The number of carbonyl (C=O) groups excluding carboxylic acids is 1. The van der Waals surface area contributed by atoms with Crippen molar-refractivity contribution in [3.63, 3.8) is 0 Å². The fourth-order valence-corrected chi connectivity index (χ4v) is 7.36. The van der Waals surface area contributed by atoms with Crippen molar-refractivity contribution in [2.45, 2.75) is 18.6 Å². The van der Waals surface area contributed by atoms with Crippen LogP contribution in [0.25, 0.3) is 11.1 Å². The molecule has 5 aliphatic rings. The Bertz CT molecular complexity index is 1600. The first-order valence-corrected chi connectivity index (χ1v) is 13.1. The molecule has 2 aliphatic heterocycles. The number of nitrogens with zero attached hydrogens (tertiary/aromatic N) is 3. The van der Waals surface area contributed by atoms with Gasteiger partial charge in [0.2, 0.25) is 5.43 Å². The Morgan fingerprint density at radius 1 is 1.19 bits per heavy atom. The number of ether oxygens (including phenoxy) is 1. The molecule has 7 nitrogen and oxygen atoms in total. The van der Waals surface area contributed by atoms with Gasteiger partial charge in [0.05, 0.1) is 23.6 Å². The van der Waals surface area contributed by atoms with Crippen molar-refractivity contribution in [1.82, 2.24) is 9.58 Å². The summed E-state index contributed by atoms with van der Waals surface area (Å²) in [7, 11) is 0. The highest BCUT2D eigenvalue weighted by Crippen LogP contribution is 2.40. The van der Waals surface area contributed by atoms with Crippen molar-refractivity contribution in [1.29, 1.82) is 0 Å². The van der Waals surface area contributed by atoms with Crippen LogP contribution in [0, 0.1) is 5.92 Å².